The lowest BCUT2D eigenvalue weighted by molar-refractivity contribution is -0.145. The molecule has 1 saturated heterocycles. The maximum absolute atomic E-state index is 12.6. The van der Waals surface area contributed by atoms with Gasteiger partial charge in [0, 0.05) is 16.7 Å². The molecule has 1 aliphatic rings. The number of thiocarbonyl (C=S) groups is 1. The number of carboxylic acid groups (broad SMARTS) is 1. The van der Waals surface area contributed by atoms with Gasteiger partial charge in [-0.2, -0.15) is 0 Å². The molecule has 2 heterocycles. The van der Waals surface area contributed by atoms with Gasteiger partial charge < -0.3 is 9.52 Å². The van der Waals surface area contributed by atoms with E-state index in [2.05, 4.69) is 0 Å². The van der Waals surface area contributed by atoms with Gasteiger partial charge >= 0.3 is 5.97 Å². The first kappa shape index (κ1) is 19.9. The van der Waals surface area contributed by atoms with Crippen molar-refractivity contribution in [2.24, 2.45) is 0 Å². The van der Waals surface area contributed by atoms with Crippen molar-refractivity contribution in [3.8, 4) is 11.3 Å². The molecule has 5 nitrogen and oxygen atoms in total. The molecule has 140 valence electrons. The topological polar surface area (TPSA) is 70.8 Å². The third-order valence-electron chi connectivity index (χ3n) is 3.90. The van der Waals surface area contributed by atoms with Crippen molar-refractivity contribution >= 4 is 69.5 Å². The van der Waals surface area contributed by atoms with E-state index in [9.17, 15) is 14.7 Å². The van der Waals surface area contributed by atoms with Crippen LogP contribution in [0.25, 0.3) is 17.4 Å². The standard InChI is InChI=1S/C18H13Cl2NO4S2/c1-2-13(17(23)24)21-16(22)15(27-18(21)26)8-10-4-6-14(25-10)11-7-9(19)3-5-12(11)20/h3-8,13H,2H2,1H3,(H,23,24)/b15-8+/t13-/m1/s1. The largest absolute Gasteiger partial charge is 0.480 e. The first-order chi connectivity index (χ1) is 12.8. The predicted molar refractivity (Wildman–Crippen MR) is 111 cm³/mol. The van der Waals surface area contributed by atoms with Crippen LogP contribution in [-0.4, -0.2) is 32.2 Å². The minimum Gasteiger partial charge on any atom is -0.480 e. The van der Waals surface area contributed by atoms with Gasteiger partial charge in [-0.1, -0.05) is 54.1 Å². The fourth-order valence-electron chi connectivity index (χ4n) is 2.61. The van der Waals surface area contributed by atoms with E-state index in [1.165, 1.54) is 6.08 Å². The highest BCUT2D eigenvalue weighted by Crippen LogP contribution is 2.36. The highest BCUT2D eigenvalue weighted by atomic mass is 35.5. The lowest BCUT2D eigenvalue weighted by atomic mass is 10.2. The van der Waals surface area contributed by atoms with Gasteiger partial charge in [0.1, 0.15) is 21.9 Å². The van der Waals surface area contributed by atoms with Gasteiger partial charge in [0.05, 0.1) is 9.93 Å². The van der Waals surface area contributed by atoms with E-state index in [0.29, 0.717) is 32.0 Å². The van der Waals surface area contributed by atoms with E-state index in [1.54, 1.807) is 37.3 Å². The number of halogens is 2. The molecule has 0 unspecified atom stereocenters. The van der Waals surface area contributed by atoms with Gasteiger partial charge in [-0.3, -0.25) is 9.69 Å². The Labute approximate surface area is 174 Å². The normalized spacial score (nSPS) is 17.0. The van der Waals surface area contributed by atoms with Gasteiger partial charge in [0.25, 0.3) is 5.91 Å². The van der Waals surface area contributed by atoms with Gasteiger partial charge in [0.2, 0.25) is 0 Å². The maximum Gasteiger partial charge on any atom is 0.326 e. The Morgan fingerprint density at radius 3 is 2.78 bits per heavy atom. The average molecular weight is 442 g/mol. The van der Waals surface area contributed by atoms with Crippen molar-refractivity contribution in [2.45, 2.75) is 19.4 Å². The molecule has 0 bridgehead atoms. The Kier molecular flexibility index (Phi) is 5.95. The highest BCUT2D eigenvalue weighted by molar-refractivity contribution is 8.26. The first-order valence-electron chi connectivity index (χ1n) is 7.87. The van der Waals surface area contributed by atoms with Crippen LogP contribution in [0.15, 0.2) is 39.7 Å². The fraction of sp³-hybridized carbons (Fsp3) is 0.167. The van der Waals surface area contributed by atoms with Gasteiger partial charge in [-0.15, -0.1) is 0 Å². The second-order valence-electron chi connectivity index (χ2n) is 5.64. The molecule has 0 spiro atoms. The lowest BCUT2D eigenvalue weighted by Crippen LogP contribution is -2.43. The van der Waals surface area contributed by atoms with Crippen LogP contribution in [-0.2, 0) is 9.59 Å². The zero-order chi connectivity index (χ0) is 19.7. The van der Waals surface area contributed by atoms with Crippen LogP contribution in [0.5, 0.6) is 0 Å². The summed E-state index contributed by atoms with van der Waals surface area (Å²) in [5, 5.41) is 10.3. The number of thioether (sulfide) groups is 1. The summed E-state index contributed by atoms with van der Waals surface area (Å²) >= 11 is 18.4. The molecule has 0 radical (unpaired) electrons. The number of nitrogens with zero attached hydrogens (tertiary/aromatic N) is 1. The van der Waals surface area contributed by atoms with Crippen molar-refractivity contribution in [1.29, 1.82) is 0 Å². The summed E-state index contributed by atoms with van der Waals surface area (Å²) in [4.78, 5) is 25.4. The van der Waals surface area contributed by atoms with E-state index < -0.39 is 17.9 Å². The van der Waals surface area contributed by atoms with Crippen LogP contribution in [0.4, 0.5) is 0 Å². The fourth-order valence-corrected chi connectivity index (χ4v) is 4.33. The second-order valence-corrected chi connectivity index (χ2v) is 8.16. The molecule has 1 aromatic carbocycles. The summed E-state index contributed by atoms with van der Waals surface area (Å²) in [7, 11) is 0. The molecule has 9 heteroatoms. The summed E-state index contributed by atoms with van der Waals surface area (Å²) in [6.45, 7) is 1.69. The number of benzene rings is 1. The third kappa shape index (κ3) is 4.06. The number of furan rings is 1. The summed E-state index contributed by atoms with van der Waals surface area (Å²) in [6.07, 6.45) is 1.79. The molecule has 0 saturated carbocycles. The Hall–Kier alpha value is -1.80. The molecule has 1 aromatic heterocycles. The molecular weight excluding hydrogens is 429 g/mol. The lowest BCUT2D eigenvalue weighted by Gasteiger charge is -2.21. The van der Waals surface area contributed by atoms with Gasteiger partial charge in [-0.25, -0.2) is 4.79 Å². The number of carbonyl (C=O) groups excluding carboxylic acids is 1. The Morgan fingerprint density at radius 2 is 2.11 bits per heavy atom. The molecule has 1 N–H and O–H groups in total. The van der Waals surface area contributed by atoms with Crippen molar-refractivity contribution in [3.63, 3.8) is 0 Å². The van der Waals surface area contributed by atoms with Crippen LogP contribution < -0.4 is 0 Å². The van der Waals surface area contributed by atoms with E-state index in [1.807, 2.05) is 0 Å². The number of aliphatic carboxylic acids is 1. The van der Waals surface area contributed by atoms with Crippen molar-refractivity contribution in [1.82, 2.24) is 4.90 Å². The second kappa shape index (κ2) is 8.06. The molecule has 2 aromatic rings. The SMILES string of the molecule is CC[C@H](C(=O)O)N1C(=O)/C(=C\c2ccc(-c3cc(Cl)ccc3Cl)o2)SC1=S. The molecular formula is C18H13Cl2NO4S2. The summed E-state index contributed by atoms with van der Waals surface area (Å²) in [5.74, 6) is -0.616. The minimum absolute atomic E-state index is 0.213. The summed E-state index contributed by atoms with van der Waals surface area (Å²) in [5.41, 5.74) is 0.633. The number of rotatable bonds is 5. The monoisotopic (exact) mass is 441 g/mol. The number of carbonyl (C=O) groups is 2. The molecule has 0 aliphatic carbocycles. The van der Waals surface area contributed by atoms with Gasteiger partial charge in [-0.05, 0) is 36.8 Å². The molecule has 1 fully saturated rings. The van der Waals surface area contributed by atoms with Crippen LogP contribution in [0.2, 0.25) is 10.0 Å². The smallest absolute Gasteiger partial charge is 0.326 e. The zero-order valence-corrected chi connectivity index (χ0v) is 17.1. The molecule has 27 heavy (non-hydrogen) atoms. The maximum atomic E-state index is 12.6. The van der Waals surface area contributed by atoms with Gasteiger partial charge in [0.15, 0.2) is 0 Å². The van der Waals surface area contributed by atoms with Crippen molar-refractivity contribution in [3.05, 3.63) is 51.0 Å². The number of hydrogen-bond acceptors (Lipinski definition) is 5. The molecule has 1 amide bonds. The number of hydrogen-bond donors (Lipinski definition) is 1. The van der Waals surface area contributed by atoms with Crippen LogP contribution in [0.1, 0.15) is 19.1 Å². The first-order valence-corrected chi connectivity index (χ1v) is 9.85. The average Bonchev–Trinajstić information content (AvgIpc) is 3.18. The van der Waals surface area contributed by atoms with Crippen LogP contribution in [0, 0.1) is 0 Å². The highest BCUT2D eigenvalue weighted by Gasteiger charge is 2.39. The number of amides is 1. The van der Waals surface area contributed by atoms with E-state index in [4.69, 9.17) is 39.8 Å². The molecule has 3 rings (SSSR count). The third-order valence-corrected chi connectivity index (χ3v) is 5.80. The van der Waals surface area contributed by atoms with Crippen LogP contribution in [0.3, 0.4) is 0 Å². The Balaban J connectivity index is 1.89. The zero-order valence-electron chi connectivity index (χ0n) is 13.9. The number of carboxylic acids is 1. The van der Waals surface area contributed by atoms with E-state index >= 15 is 0 Å². The molecule has 1 aliphatic heterocycles. The van der Waals surface area contributed by atoms with Crippen LogP contribution >= 0.6 is 47.2 Å². The predicted octanol–water partition coefficient (Wildman–Crippen LogP) is 5.32. The van der Waals surface area contributed by atoms with Crippen molar-refractivity contribution in [2.75, 3.05) is 0 Å². The van der Waals surface area contributed by atoms with E-state index in [-0.39, 0.29) is 10.7 Å². The van der Waals surface area contributed by atoms with E-state index in [0.717, 1.165) is 16.7 Å². The summed E-state index contributed by atoms with van der Waals surface area (Å²) in [6, 6.07) is 7.45. The van der Waals surface area contributed by atoms with Crippen molar-refractivity contribution < 1.29 is 19.1 Å². The minimum atomic E-state index is -1.09. The Bertz CT molecular complexity index is 970. The molecule has 1 atom stereocenters. The quantitative estimate of drug-likeness (QED) is 0.500. The summed E-state index contributed by atoms with van der Waals surface area (Å²) < 4.78 is 5.97. The Morgan fingerprint density at radius 1 is 1.37 bits per heavy atom.